The Morgan fingerprint density at radius 3 is 2.50 bits per heavy atom. The number of aryl methyl sites for hydroxylation is 1. The summed E-state index contributed by atoms with van der Waals surface area (Å²) < 4.78 is 26.1. The minimum Gasteiger partial charge on any atom is -0.398 e. The number of nitrogens with two attached hydrogens (primary N) is 1. The molecule has 0 amide bonds. The highest BCUT2D eigenvalue weighted by Crippen LogP contribution is 2.18. The van der Waals surface area contributed by atoms with Gasteiger partial charge in [-0.1, -0.05) is 19.9 Å². The molecule has 0 aliphatic carbocycles. The molecule has 1 aromatic carbocycles. The van der Waals surface area contributed by atoms with Crippen molar-refractivity contribution in [2.75, 3.05) is 12.3 Å². The molecule has 0 aromatic heterocycles. The molecule has 16 heavy (non-hydrogen) atoms. The smallest absolute Gasteiger partial charge is 0.240 e. The maximum Gasteiger partial charge on any atom is 0.240 e. The molecule has 0 radical (unpaired) electrons. The number of nitrogen functional groups attached to an aromatic ring is 1. The zero-order valence-electron chi connectivity index (χ0n) is 9.66. The first-order valence-electron chi connectivity index (χ1n) is 5.39. The van der Waals surface area contributed by atoms with E-state index >= 15 is 0 Å². The summed E-state index contributed by atoms with van der Waals surface area (Å²) in [5.41, 5.74) is 7.26. The molecule has 0 heterocycles. The van der Waals surface area contributed by atoms with Crippen molar-refractivity contribution in [2.45, 2.75) is 31.6 Å². The van der Waals surface area contributed by atoms with E-state index in [4.69, 9.17) is 5.73 Å². The van der Waals surface area contributed by atoms with Gasteiger partial charge in [0.25, 0.3) is 0 Å². The van der Waals surface area contributed by atoms with Crippen molar-refractivity contribution in [3.63, 3.8) is 0 Å². The van der Waals surface area contributed by atoms with E-state index in [1.54, 1.807) is 12.1 Å². The molecule has 0 unspecified atom stereocenters. The zero-order chi connectivity index (χ0) is 12.2. The average molecular weight is 242 g/mol. The Balaban J connectivity index is 3.01. The number of hydrogen-bond donors (Lipinski definition) is 2. The Bertz CT molecular complexity index is 455. The summed E-state index contributed by atoms with van der Waals surface area (Å²) in [7, 11) is -3.40. The maximum absolute atomic E-state index is 11.8. The molecular weight excluding hydrogens is 224 g/mol. The molecule has 0 spiro atoms. The van der Waals surface area contributed by atoms with Gasteiger partial charge in [0.15, 0.2) is 0 Å². The molecule has 0 aliphatic heterocycles. The van der Waals surface area contributed by atoms with Crippen molar-refractivity contribution in [1.82, 2.24) is 4.72 Å². The molecule has 0 atom stereocenters. The van der Waals surface area contributed by atoms with Crippen LogP contribution >= 0.6 is 0 Å². The Kier molecular flexibility index (Phi) is 4.32. The zero-order valence-corrected chi connectivity index (χ0v) is 10.5. The Morgan fingerprint density at radius 2 is 2.00 bits per heavy atom. The lowest BCUT2D eigenvalue weighted by Gasteiger charge is -2.08. The molecule has 0 saturated heterocycles. The van der Waals surface area contributed by atoms with Gasteiger partial charge in [0.05, 0.1) is 4.90 Å². The Morgan fingerprint density at radius 1 is 1.31 bits per heavy atom. The quantitative estimate of drug-likeness (QED) is 0.769. The standard InChI is InChI=1S/C11H18N2O2S/c1-3-7-13-16(14,15)10-6-5-9(4-2)11(12)8-10/h5-6,8,13H,3-4,7,12H2,1-2H3. The third-order valence-electron chi connectivity index (χ3n) is 2.35. The molecule has 1 rings (SSSR count). The lowest BCUT2D eigenvalue weighted by molar-refractivity contribution is 0.581. The summed E-state index contributed by atoms with van der Waals surface area (Å²) in [6, 6.07) is 4.86. The first-order chi connectivity index (χ1) is 7.51. The van der Waals surface area contributed by atoms with Crippen molar-refractivity contribution < 1.29 is 8.42 Å². The van der Waals surface area contributed by atoms with Crippen LogP contribution in [0.3, 0.4) is 0 Å². The van der Waals surface area contributed by atoms with Gasteiger partial charge < -0.3 is 5.73 Å². The molecule has 4 nitrogen and oxygen atoms in total. The van der Waals surface area contributed by atoms with Crippen LogP contribution in [0, 0.1) is 0 Å². The fourth-order valence-corrected chi connectivity index (χ4v) is 2.55. The summed E-state index contributed by atoms with van der Waals surface area (Å²) >= 11 is 0. The summed E-state index contributed by atoms with van der Waals surface area (Å²) in [6.45, 7) is 4.34. The van der Waals surface area contributed by atoms with Crippen LogP contribution in [-0.4, -0.2) is 15.0 Å². The molecule has 3 N–H and O–H groups in total. The SMILES string of the molecule is CCCNS(=O)(=O)c1ccc(CC)c(N)c1. The second-order valence-electron chi connectivity index (χ2n) is 3.61. The molecule has 5 heteroatoms. The van der Waals surface area contributed by atoms with Crippen LogP contribution in [0.25, 0.3) is 0 Å². The van der Waals surface area contributed by atoms with Gasteiger partial charge in [-0.2, -0.15) is 0 Å². The highest BCUT2D eigenvalue weighted by Gasteiger charge is 2.13. The van der Waals surface area contributed by atoms with Gasteiger partial charge in [-0.25, -0.2) is 13.1 Å². The van der Waals surface area contributed by atoms with E-state index in [0.29, 0.717) is 12.2 Å². The molecular formula is C11H18N2O2S. The molecule has 0 bridgehead atoms. The third kappa shape index (κ3) is 2.96. The first-order valence-corrected chi connectivity index (χ1v) is 6.87. The molecule has 1 aromatic rings. The lowest BCUT2D eigenvalue weighted by atomic mass is 10.1. The average Bonchev–Trinajstić information content (AvgIpc) is 2.26. The van der Waals surface area contributed by atoms with Gasteiger partial charge in [-0.15, -0.1) is 0 Å². The first kappa shape index (κ1) is 13.0. The molecule has 0 aliphatic rings. The van der Waals surface area contributed by atoms with Crippen molar-refractivity contribution in [3.05, 3.63) is 23.8 Å². The van der Waals surface area contributed by atoms with E-state index < -0.39 is 10.0 Å². The van der Waals surface area contributed by atoms with Crippen molar-refractivity contribution in [3.8, 4) is 0 Å². The Hall–Kier alpha value is -1.07. The third-order valence-corrected chi connectivity index (χ3v) is 3.81. The second-order valence-corrected chi connectivity index (χ2v) is 5.38. The van der Waals surface area contributed by atoms with Gasteiger partial charge in [-0.3, -0.25) is 0 Å². The van der Waals surface area contributed by atoms with Gasteiger partial charge >= 0.3 is 0 Å². The number of rotatable bonds is 5. The van der Waals surface area contributed by atoms with E-state index in [-0.39, 0.29) is 4.90 Å². The molecule has 0 fully saturated rings. The van der Waals surface area contributed by atoms with Crippen LogP contribution in [0.2, 0.25) is 0 Å². The highest BCUT2D eigenvalue weighted by molar-refractivity contribution is 7.89. The largest absolute Gasteiger partial charge is 0.398 e. The lowest BCUT2D eigenvalue weighted by Crippen LogP contribution is -2.24. The van der Waals surface area contributed by atoms with E-state index in [1.165, 1.54) is 6.07 Å². The van der Waals surface area contributed by atoms with Crippen molar-refractivity contribution in [2.24, 2.45) is 0 Å². The normalized spacial score (nSPS) is 11.6. The van der Waals surface area contributed by atoms with E-state index in [0.717, 1.165) is 18.4 Å². The van der Waals surface area contributed by atoms with Gasteiger partial charge in [-0.05, 0) is 30.5 Å². The summed E-state index contributed by atoms with van der Waals surface area (Å²) in [4.78, 5) is 0.232. The van der Waals surface area contributed by atoms with E-state index in [1.807, 2.05) is 13.8 Å². The fourth-order valence-electron chi connectivity index (χ4n) is 1.38. The second kappa shape index (κ2) is 5.32. The number of nitrogens with one attached hydrogen (secondary N) is 1. The predicted octanol–water partition coefficient (Wildman–Crippen LogP) is 1.52. The van der Waals surface area contributed by atoms with Crippen molar-refractivity contribution >= 4 is 15.7 Å². The van der Waals surface area contributed by atoms with Gasteiger partial charge in [0, 0.05) is 12.2 Å². The van der Waals surface area contributed by atoms with Crippen LogP contribution in [0.1, 0.15) is 25.8 Å². The number of anilines is 1. The van der Waals surface area contributed by atoms with Crippen LogP contribution in [0.5, 0.6) is 0 Å². The molecule has 0 saturated carbocycles. The van der Waals surface area contributed by atoms with Crippen LogP contribution < -0.4 is 10.5 Å². The fraction of sp³-hybridized carbons (Fsp3) is 0.455. The van der Waals surface area contributed by atoms with Gasteiger partial charge in [0.2, 0.25) is 10.0 Å². The van der Waals surface area contributed by atoms with Crippen molar-refractivity contribution in [1.29, 1.82) is 0 Å². The van der Waals surface area contributed by atoms with E-state index in [9.17, 15) is 8.42 Å². The number of benzene rings is 1. The molecule has 90 valence electrons. The maximum atomic E-state index is 11.8. The minimum atomic E-state index is -3.40. The highest BCUT2D eigenvalue weighted by atomic mass is 32.2. The Labute approximate surface area is 96.9 Å². The van der Waals surface area contributed by atoms with Gasteiger partial charge in [0.1, 0.15) is 0 Å². The summed E-state index contributed by atoms with van der Waals surface area (Å²) in [5, 5.41) is 0. The number of sulfonamides is 1. The van der Waals surface area contributed by atoms with Crippen LogP contribution in [0.4, 0.5) is 5.69 Å². The van der Waals surface area contributed by atoms with Crippen LogP contribution in [0.15, 0.2) is 23.1 Å². The summed E-state index contributed by atoms with van der Waals surface area (Å²) in [6.07, 6.45) is 1.57. The monoisotopic (exact) mass is 242 g/mol. The topological polar surface area (TPSA) is 72.2 Å². The predicted molar refractivity (Wildman–Crippen MR) is 65.7 cm³/mol. The summed E-state index contributed by atoms with van der Waals surface area (Å²) in [5.74, 6) is 0. The minimum absolute atomic E-state index is 0.232. The van der Waals surface area contributed by atoms with E-state index in [2.05, 4.69) is 4.72 Å². The van der Waals surface area contributed by atoms with Crippen LogP contribution in [-0.2, 0) is 16.4 Å². The number of hydrogen-bond acceptors (Lipinski definition) is 3.